The van der Waals surface area contributed by atoms with Crippen LogP contribution >= 0.6 is 0 Å². The second kappa shape index (κ2) is 7.53. The average molecular weight is 362 g/mol. The summed E-state index contributed by atoms with van der Waals surface area (Å²) in [6, 6.07) is 16.7. The maximum absolute atomic E-state index is 13.7. The van der Waals surface area contributed by atoms with E-state index >= 15 is 0 Å². The van der Waals surface area contributed by atoms with E-state index in [-0.39, 0.29) is 5.91 Å². The van der Waals surface area contributed by atoms with Crippen molar-refractivity contribution in [2.24, 2.45) is 0 Å². The Morgan fingerprint density at radius 2 is 1.93 bits per heavy atom. The van der Waals surface area contributed by atoms with Gasteiger partial charge in [-0.05, 0) is 61.3 Å². The third-order valence-electron chi connectivity index (χ3n) is 5.63. The Morgan fingerprint density at radius 1 is 1.15 bits per heavy atom. The monoisotopic (exact) mass is 362 g/mol. The molecule has 140 valence electrons. The number of fused-ring (bicyclic) bond motifs is 1. The molecule has 0 bridgehead atoms. The molecule has 1 aromatic heterocycles. The van der Waals surface area contributed by atoms with Crippen LogP contribution in [0, 0.1) is 0 Å². The summed E-state index contributed by atoms with van der Waals surface area (Å²) in [5.74, 6) is 0.170. The summed E-state index contributed by atoms with van der Waals surface area (Å²) in [6.45, 7) is 5.02. The van der Waals surface area contributed by atoms with Crippen LogP contribution in [-0.4, -0.2) is 40.2 Å². The summed E-state index contributed by atoms with van der Waals surface area (Å²) in [5, 5.41) is 10.2. The first kappa shape index (κ1) is 17.7. The zero-order valence-corrected chi connectivity index (χ0v) is 15.8. The minimum Gasteiger partial charge on any atom is -0.337 e. The fourth-order valence-corrected chi connectivity index (χ4v) is 4.08. The molecule has 5 heteroatoms. The van der Waals surface area contributed by atoms with Gasteiger partial charge in [0.15, 0.2) is 0 Å². The molecule has 0 atom stereocenters. The van der Waals surface area contributed by atoms with E-state index in [1.807, 2.05) is 21.8 Å². The van der Waals surface area contributed by atoms with Crippen molar-refractivity contribution in [1.82, 2.24) is 20.0 Å². The molecular formula is C22H26N4O. The molecule has 5 nitrogen and oxygen atoms in total. The summed E-state index contributed by atoms with van der Waals surface area (Å²) in [7, 11) is 0. The number of hydrogen-bond donors (Lipinski definition) is 1. The van der Waals surface area contributed by atoms with Gasteiger partial charge in [-0.2, -0.15) is 5.10 Å². The number of piperidine rings is 1. The van der Waals surface area contributed by atoms with E-state index in [9.17, 15) is 4.79 Å². The Balaban J connectivity index is 1.62. The molecule has 0 saturated carbocycles. The highest BCUT2D eigenvalue weighted by molar-refractivity contribution is 5.85. The summed E-state index contributed by atoms with van der Waals surface area (Å²) < 4.78 is 1.87. The molecule has 0 radical (unpaired) electrons. The van der Waals surface area contributed by atoms with Crippen LogP contribution in [0.3, 0.4) is 0 Å². The highest BCUT2D eigenvalue weighted by atomic mass is 16.2. The molecule has 1 aliphatic rings. The van der Waals surface area contributed by atoms with Gasteiger partial charge in [0.2, 0.25) is 0 Å². The lowest BCUT2D eigenvalue weighted by molar-refractivity contribution is -0.143. The number of carbonyl (C=O) groups excluding carboxylic acids is 1. The maximum atomic E-state index is 13.7. The van der Waals surface area contributed by atoms with Crippen LogP contribution in [0.2, 0.25) is 0 Å². The van der Waals surface area contributed by atoms with Gasteiger partial charge in [0.05, 0.1) is 0 Å². The van der Waals surface area contributed by atoms with Gasteiger partial charge in [-0.15, -0.1) is 0 Å². The molecule has 1 N–H and O–H groups in total. The van der Waals surface area contributed by atoms with Gasteiger partial charge in [0.1, 0.15) is 5.54 Å². The average Bonchev–Trinajstić information content (AvgIpc) is 3.27. The second-order valence-corrected chi connectivity index (χ2v) is 7.23. The molecule has 4 rings (SSSR count). The number of hydrogen-bond acceptors (Lipinski definition) is 3. The molecule has 27 heavy (non-hydrogen) atoms. The zero-order chi connectivity index (χ0) is 18.7. The van der Waals surface area contributed by atoms with E-state index in [0.717, 1.165) is 31.5 Å². The molecule has 0 aliphatic carbocycles. The predicted molar refractivity (Wildman–Crippen MR) is 107 cm³/mol. The van der Waals surface area contributed by atoms with E-state index in [0.29, 0.717) is 13.1 Å². The second-order valence-electron chi connectivity index (χ2n) is 7.23. The number of aromatic nitrogens is 2. The Hall–Kier alpha value is -2.66. The Morgan fingerprint density at radius 3 is 2.63 bits per heavy atom. The minimum atomic E-state index is -0.582. The lowest BCUT2D eigenvalue weighted by Gasteiger charge is -2.40. The van der Waals surface area contributed by atoms with E-state index < -0.39 is 5.54 Å². The van der Waals surface area contributed by atoms with Crippen molar-refractivity contribution in [2.75, 3.05) is 19.6 Å². The molecule has 2 heterocycles. The fourth-order valence-electron chi connectivity index (χ4n) is 4.08. The molecule has 0 spiro atoms. The first-order valence-electron chi connectivity index (χ1n) is 9.71. The SMILES string of the molecule is CCN(Cc1ccc2ccccc2c1)C(=O)C1(n2cccn2)CCNCC1. The Kier molecular flexibility index (Phi) is 4.94. The fraction of sp³-hybridized carbons (Fsp3) is 0.364. The van der Waals surface area contributed by atoms with Gasteiger partial charge in [-0.25, -0.2) is 0 Å². The van der Waals surface area contributed by atoms with E-state index in [1.54, 1.807) is 6.20 Å². The van der Waals surface area contributed by atoms with Crippen molar-refractivity contribution in [3.05, 3.63) is 66.5 Å². The van der Waals surface area contributed by atoms with Crippen molar-refractivity contribution in [2.45, 2.75) is 31.8 Å². The van der Waals surface area contributed by atoms with Crippen LogP contribution < -0.4 is 5.32 Å². The van der Waals surface area contributed by atoms with Crippen molar-refractivity contribution in [3.63, 3.8) is 0 Å². The molecule has 2 aromatic carbocycles. The molecule has 1 amide bonds. The van der Waals surface area contributed by atoms with Crippen molar-refractivity contribution in [3.8, 4) is 0 Å². The van der Waals surface area contributed by atoms with Gasteiger partial charge in [0, 0.05) is 25.5 Å². The van der Waals surface area contributed by atoms with Crippen LogP contribution in [0.15, 0.2) is 60.9 Å². The smallest absolute Gasteiger partial charge is 0.250 e. The largest absolute Gasteiger partial charge is 0.337 e. The molecule has 0 unspecified atom stereocenters. The highest BCUT2D eigenvalue weighted by Gasteiger charge is 2.44. The van der Waals surface area contributed by atoms with Crippen molar-refractivity contribution >= 4 is 16.7 Å². The van der Waals surface area contributed by atoms with Crippen LogP contribution in [0.25, 0.3) is 10.8 Å². The van der Waals surface area contributed by atoms with Crippen LogP contribution in [-0.2, 0) is 16.9 Å². The summed E-state index contributed by atoms with van der Waals surface area (Å²) in [6.07, 6.45) is 5.22. The van der Waals surface area contributed by atoms with Gasteiger partial charge in [-0.3, -0.25) is 9.48 Å². The molecule has 1 aliphatic heterocycles. The third kappa shape index (κ3) is 3.35. The summed E-state index contributed by atoms with van der Waals surface area (Å²) >= 11 is 0. The Labute approximate surface area is 160 Å². The standard InChI is InChI=1S/C22H26N4O/c1-2-25(17-18-8-9-19-6-3-4-7-20(19)16-18)21(27)22(10-13-23-14-11-22)26-15-5-12-24-26/h3-9,12,15-16,23H,2,10-11,13-14,17H2,1H3. The topological polar surface area (TPSA) is 50.2 Å². The highest BCUT2D eigenvalue weighted by Crippen LogP contribution is 2.30. The Bertz CT molecular complexity index is 913. The van der Waals surface area contributed by atoms with E-state index in [1.165, 1.54) is 10.8 Å². The van der Waals surface area contributed by atoms with E-state index in [2.05, 4.69) is 59.8 Å². The quantitative estimate of drug-likeness (QED) is 0.758. The first-order chi connectivity index (χ1) is 13.2. The lowest BCUT2D eigenvalue weighted by atomic mass is 9.86. The number of nitrogens with one attached hydrogen (secondary N) is 1. The number of amides is 1. The normalized spacial score (nSPS) is 16.3. The predicted octanol–water partition coefficient (Wildman–Crippen LogP) is 3.16. The van der Waals surface area contributed by atoms with Crippen molar-refractivity contribution in [1.29, 1.82) is 0 Å². The minimum absolute atomic E-state index is 0.170. The van der Waals surface area contributed by atoms with Gasteiger partial charge >= 0.3 is 0 Å². The lowest BCUT2D eigenvalue weighted by Crippen LogP contribution is -2.55. The van der Waals surface area contributed by atoms with Crippen LogP contribution in [0.5, 0.6) is 0 Å². The van der Waals surface area contributed by atoms with Crippen LogP contribution in [0.1, 0.15) is 25.3 Å². The first-order valence-corrected chi connectivity index (χ1v) is 9.71. The number of benzene rings is 2. The molecule has 1 fully saturated rings. The zero-order valence-electron chi connectivity index (χ0n) is 15.8. The molecular weight excluding hydrogens is 336 g/mol. The number of nitrogens with zero attached hydrogens (tertiary/aromatic N) is 3. The number of carbonyl (C=O) groups is 1. The van der Waals surface area contributed by atoms with Gasteiger partial charge in [0.25, 0.3) is 5.91 Å². The third-order valence-corrected chi connectivity index (χ3v) is 5.63. The summed E-state index contributed by atoms with van der Waals surface area (Å²) in [4.78, 5) is 15.6. The van der Waals surface area contributed by atoms with Crippen molar-refractivity contribution < 1.29 is 4.79 Å². The summed E-state index contributed by atoms with van der Waals surface area (Å²) in [5.41, 5.74) is 0.579. The van der Waals surface area contributed by atoms with Gasteiger partial charge in [-0.1, -0.05) is 36.4 Å². The molecule has 3 aromatic rings. The number of likely N-dealkylation sites (N-methyl/N-ethyl adjacent to an activating group) is 1. The molecule has 1 saturated heterocycles. The van der Waals surface area contributed by atoms with E-state index in [4.69, 9.17) is 0 Å². The number of rotatable bonds is 5. The van der Waals surface area contributed by atoms with Crippen LogP contribution in [0.4, 0.5) is 0 Å². The maximum Gasteiger partial charge on any atom is 0.250 e. The van der Waals surface area contributed by atoms with Gasteiger partial charge < -0.3 is 10.2 Å².